The Morgan fingerprint density at radius 1 is 0.967 bits per heavy atom. The van der Waals surface area contributed by atoms with E-state index in [2.05, 4.69) is 54.0 Å². The van der Waals surface area contributed by atoms with Crippen molar-refractivity contribution in [1.29, 1.82) is 0 Å². The number of hydrogen-bond donors (Lipinski definition) is 3. The molecule has 0 unspecified atom stereocenters. The average molecular weight is 533 g/mol. The van der Waals surface area contributed by atoms with E-state index in [0.717, 1.165) is 41.9 Å². The molecule has 2 heterocycles. The van der Waals surface area contributed by atoms with Crippen LogP contribution in [0.4, 0.5) is 4.79 Å². The lowest BCUT2D eigenvalue weighted by Crippen LogP contribution is -2.47. The van der Waals surface area contributed by atoms with Crippen LogP contribution < -0.4 is 0 Å². The fraction of sp³-hybridized carbons (Fsp3) is 0.261. The summed E-state index contributed by atoms with van der Waals surface area (Å²) in [7, 11) is 0. The molecule has 1 amide bonds. The van der Waals surface area contributed by atoms with Gasteiger partial charge in [0, 0.05) is 61.1 Å². The van der Waals surface area contributed by atoms with E-state index < -0.39 is 11.6 Å². The molecule has 3 N–H and O–H groups in total. The standard InChI is InChI=1S/C23H23Br2N3O2/c1-23(2,3)28(22(29)30)12-19(17-10-26-20-8-13(24)4-6-15(17)20)18-11-27-21-9-14(25)5-7-16(18)21/h4-11,19,26-27H,12H2,1-3H3,(H,29,30). The van der Waals surface area contributed by atoms with Crippen LogP contribution in [0.15, 0.2) is 57.7 Å². The Balaban J connectivity index is 1.91. The molecule has 7 heteroatoms. The number of benzene rings is 2. The number of rotatable bonds is 4. The normalized spacial score (nSPS) is 12.2. The van der Waals surface area contributed by atoms with Gasteiger partial charge in [0.1, 0.15) is 0 Å². The molecule has 0 atom stereocenters. The fourth-order valence-corrected chi connectivity index (χ4v) is 4.73. The third kappa shape index (κ3) is 3.88. The summed E-state index contributed by atoms with van der Waals surface area (Å²) in [6.45, 7) is 6.13. The summed E-state index contributed by atoms with van der Waals surface area (Å²) in [6.07, 6.45) is 3.09. The van der Waals surface area contributed by atoms with E-state index in [1.807, 2.05) is 57.4 Å². The van der Waals surface area contributed by atoms with Gasteiger partial charge in [-0.15, -0.1) is 0 Å². The summed E-state index contributed by atoms with van der Waals surface area (Å²) in [4.78, 5) is 20.4. The number of amides is 1. The zero-order valence-electron chi connectivity index (χ0n) is 17.0. The maximum atomic E-state index is 12.1. The lowest BCUT2D eigenvalue weighted by atomic mass is 9.89. The Kier molecular flexibility index (Phi) is 5.45. The Labute approximate surface area is 191 Å². The van der Waals surface area contributed by atoms with E-state index in [4.69, 9.17) is 0 Å². The van der Waals surface area contributed by atoms with Crippen LogP contribution in [0, 0.1) is 0 Å². The second-order valence-corrected chi connectivity index (χ2v) is 10.3. The minimum absolute atomic E-state index is 0.134. The molecule has 0 spiro atoms. The van der Waals surface area contributed by atoms with Gasteiger partial charge >= 0.3 is 6.09 Å². The zero-order valence-corrected chi connectivity index (χ0v) is 20.1. The number of carboxylic acid groups (broad SMARTS) is 1. The van der Waals surface area contributed by atoms with Crippen LogP contribution in [0.1, 0.15) is 37.8 Å². The lowest BCUT2D eigenvalue weighted by molar-refractivity contribution is 0.0983. The molecule has 156 valence electrons. The number of fused-ring (bicyclic) bond motifs is 2. The molecule has 5 nitrogen and oxygen atoms in total. The van der Waals surface area contributed by atoms with Crippen molar-refractivity contribution in [3.63, 3.8) is 0 Å². The van der Waals surface area contributed by atoms with E-state index in [1.54, 1.807) is 0 Å². The smallest absolute Gasteiger partial charge is 0.407 e. The molecule has 0 bridgehead atoms. The van der Waals surface area contributed by atoms with Crippen molar-refractivity contribution in [3.05, 3.63) is 68.9 Å². The largest absolute Gasteiger partial charge is 0.465 e. The van der Waals surface area contributed by atoms with E-state index in [-0.39, 0.29) is 5.92 Å². The van der Waals surface area contributed by atoms with E-state index >= 15 is 0 Å². The van der Waals surface area contributed by atoms with Crippen molar-refractivity contribution in [2.24, 2.45) is 0 Å². The highest BCUT2D eigenvalue weighted by atomic mass is 79.9. The van der Waals surface area contributed by atoms with Crippen LogP contribution in [-0.2, 0) is 0 Å². The molecule has 4 aromatic rings. The Morgan fingerprint density at radius 2 is 1.43 bits per heavy atom. The third-order valence-corrected chi connectivity index (χ3v) is 6.49. The van der Waals surface area contributed by atoms with Crippen LogP contribution in [0.2, 0.25) is 0 Å². The first-order valence-corrected chi connectivity index (χ1v) is 11.3. The van der Waals surface area contributed by atoms with Gasteiger partial charge in [-0.25, -0.2) is 4.79 Å². The SMILES string of the molecule is CC(C)(C)N(CC(c1c[nH]c2cc(Br)ccc12)c1c[nH]c2cc(Br)ccc12)C(=O)O. The second-order valence-electron chi connectivity index (χ2n) is 8.48. The molecule has 0 aliphatic carbocycles. The summed E-state index contributed by atoms with van der Waals surface area (Å²) >= 11 is 7.05. The molecule has 0 fully saturated rings. The highest BCUT2D eigenvalue weighted by Crippen LogP contribution is 2.37. The number of nitrogens with zero attached hydrogens (tertiary/aromatic N) is 1. The van der Waals surface area contributed by atoms with Crippen molar-refractivity contribution >= 4 is 59.8 Å². The highest BCUT2D eigenvalue weighted by molar-refractivity contribution is 9.10. The molecule has 2 aromatic carbocycles. The summed E-state index contributed by atoms with van der Waals surface area (Å²) in [5.74, 6) is -0.134. The minimum atomic E-state index is -0.919. The van der Waals surface area contributed by atoms with Gasteiger partial charge in [-0.2, -0.15) is 0 Å². The number of aromatic amines is 2. The zero-order chi connectivity index (χ0) is 21.6. The van der Waals surface area contributed by atoms with E-state index in [9.17, 15) is 9.90 Å². The van der Waals surface area contributed by atoms with Gasteiger partial charge < -0.3 is 20.0 Å². The molecule has 4 rings (SSSR count). The molecule has 0 saturated heterocycles. The summed E-state index contributed by atoms with van der Waals surface area (Å²) in [5.41, 5.74) is 3.68. The van der Waals surface area contributed by atoms with Crippen LogP contribution in [-0.4, -0.2) is 38.2 Å². The maximum absolute atomic E-state index is 12.1. The van der Waals surface area contributed by atoms with Crippen LogP contribution in [0.25, 0.3) is 21.8 Å². The monoisotopic (exact) mass is 531 g/mol. The Hall–Kier alpha value is -2.25. The van der Waals surface area contributed by atoms with Gasteiger partial charge in [0.05, 0.1) is 0 Å². The molecule has 0 radical (unpaired) electrons. The fourth-order valence-electron chi connectivity index (χ4n) is 4.00. The van der Waals surface area contributed by atoms with Crippen molar-refractivity contribution < 1.29 is 9.90 Å². The van der Waals surface area contributed by atoms with Gasteiger partial charge in [0.2, 0.25) is 0 Å². The van der Waals surface area contributed by atoms with Gasteiger partial charge in [-0.05, 0) is 56.2 Å². The number of hydrogen-bond acceptors (Lipinski definition) is 1. The number of aromatic nitrogens is 2. The summed E-state index contributed by atoms with van der Waals surface area (Å²) in [6, 6.07) is 12.3. The first kappa shape index (κ1) is 21.0. The van der Waals surface area contributed by atoms with Crippen LogP contribution in [0.3, 0.4) is 0 Å². The quantitative estimate of drug-likeness (QED) is 0.262. The van der Waals surface area contributed by atoms with Gasteiger partial charge in [0.25, 0.3) is 0 Å². The number of nitrogens with one attached hydrogen (secondary N) is 2. The predicted molar refractivity (Wildman–Crippen MR) is 128 cm³/mol. The first-order chi connectivity index (χ1) is 14.1. The van der Waals surface area contributed by atoms with Crippen molar-refractivity contribution in [1.82, 2.24) is 14.9 Å². The van der Waals surface area contributed by atoms with Crippen molar-refractivity contribution in [3.8, 4) is 0 Å². The maximum Gasteiger partial charge on any atom is 0.407 e. The van der Waals surface area contributed by atoms with Gasteiger partial charge in [-0.3, -0.25) is 0 Å². The number of carbonyl (C=O) groups is 1. The Bertz CT molecular complexity index is 1160. The molecular weight excluding hydrogens is 510 g/mol. The molecule has 2 aromatic heterocycles. The highest BCUT2D eigenvalue weighted by Gasteiger charge is 2.32. The number of H-pyrrole nitrogens is 2. The molecular formula is C23H23Br2N3O2. The van der Waals surface area contributed by atoms with Gasteiger partial charge in [0.15, 0.2) is 0 Å². The molecule has 0 aliphatic rings. The van der Waals surface area contributed by atoms with Crippen molar-refractivity contribution in [2.45, 2.75) is 32.2 Å². The van der Waals surface area contributed by atoms with Gasteiger partial charge in [-0.1, -0.05) is 44.0 Å². The number of halogens is 2. The Morgan fingerprint density at radius 3 is 1.83 bits per heavy atom. The lowest BCUT2D eigenvalue weighted by Gasteiger charge is -2.36. The summed E-state index contributed by atoms with van der Waals surface area (Å²) < 4.78 is 2.00. The second kappa shape index (κ2) is 7.78. The molecule has 0 aliphatic heterocycles. The average Bonchev–Trinajstić information content (AvgIpc) is 3.25. The topological polar surface area (TPSA) is 72.1 Å². The first-order valence-electron chi connectivity index (χ1n) is 9.69. The minimum Gasteiger partial charge on any atom is -0.465 e. The third-order valence-electron chi connectivity index (χ3n) is 5.51. The van der Waals surface area contributed by atoms with E-state index in [1.165, 1.54) is 4.90 Å². The van der Waals surface area contributed by atoms with Crippen LogP contribution >= 0.6 is 31.9 Å². The molecule has 30 heavy (non-hydrogen) atoms. The molecule has 0 saturated carbocycles. The van der Waals surface area contributed by atoms with E-state index in [0.29, 0.717) is 6.54 Å². The summed E-state index contributed by atoms with van der Waals surface area (Å²) in [5, 5.41) is 12.1. The predicted octanol–water partition coefficient (Wildman–Crippen LogP) is 7.08. The van der Waals surface area contributed by atoms with Crippen LogP contribution in [0.5, 0.6) is 0 Å². The van der Waals surface area contributed by atoms with Crippen molar-refractivity contribution in [2.75, 3.05) is 6.54 Å².